The molecule has 0 saturated carbocycles. The van der Waals surface area contributed by atoms with Crippen molar-refractivity contribution >= 4 is 31.6 Å². The number of nitrogens with zero attached hydrogens (tertiary/aromatic N) is 3. The van der Waals surface area contributed by atoms with E-state index in [0.717, 1.165) is 27.3 Å². The number of anilines is 1. The van der Waals surface area contributed by atoms with Crippen LogP contribution in [0, 0.1) is 20.8 Å². The maximum atomic E-state index is 12.9. The zero-order chi connectivity index (χ0) is 23.7. The molecule has 10 heteroatoms. The molecule has 0 atom stereocenters. The average molecular weight is 480 g/mol. The summed E-state index contributed by atoms with van der Waals surface area (Å²) in [4.78, 5) is 14.7. The zero-order valence-electron chi connectivity index (χ0n) is 18.8. The Kier molecular flexibility index (Phi) is 6.97. The molecule has 174 valence electrons. The number of rotatable bonds is 6. The quantitative estimate of drug-likeness (QED) is 0.631. The number of amides is 1. The molecule has 0 bridgehead atoms. The lowest BCUT2D eigenvalue weighted by atomic mass is 10.1. The first kappa shape index (κ1) is 24.2. The normalized spacial score (nSPS) is 15.6. The third kappa shape index (κ3) is 5.31. The maximum absolute atomic E-state index is 12.9. The monoisotopic (exact) mass is 479 g/mol. The minimum atomic E-state index is -3.69. The SMILES string of the molecule is Cc1ccc(S(=O)(=O)N2CCN(C(=O)CN(c3cc(C)ccc3C)S(C)(=O)=O)CC2)cc1. The smallest absolute Gasteiger partial charge is 0.243 e. The number of benzene rings is 2. The minimum absolute atomic E-state index is 0.157. The van der Waals surface area contributed by atoms with Crippen LogP contribution in [0.2, 0.25) is 0 Å². The van der Waals surface area contributed by atoms with Crippen molar-refractivity contribution < 1.29 is 21.6 Å². The number of carbonyl (C=O) groups excluding carboxylic acids is 1. The van der Waals surface area contributed by atoms with Crippen molar-refractivity contribution in [3.8, 4) is 0 Å². The lowest BCUT2D eigenvalue weighted by Gasteiger charge is -2.35. The summed E-state index contributed by atoms with van der Waals surface area (Å²) in [7, 11) is -7.32. The van der Waals surface area contributed by atoms with Crippen LogP contribution in [0.15, 0.2) is 47.4 Å². The second kappa shape index (κ2) is 9.21. The van der Waals surface area contributed by atoms with Gasteiger partial charge in [0, 0.05) is 26.2 Å². The minimum Gasteiger partial charge on any atom is -0.338 e. The van der Waals surface area contributed by atoms with Crippen LogP contribution in [0.5, 0.6) is 0 Å². The number of hydrogen-bond donors (Lipinski definition) is 0. The Morgan fingerprint density at radius 3 is 2.00 bits per heavy atom. The van der Waals surface area contributed by atoms with Crippen LogP contribution in [-0.2, 0) is 24.8 Å². The second-order valence-electron chi connectivity index (χ2n) is 8.16. The van der Waals surface area contributed by atoms with Gasteiger partial charge < -0.3 is 4.90 Å². The van der Waals surface area contributed by atoms with Crippen LogP contribution in [0.4, 0.5) is 5.69 Å². The number of hydrogen-bond acceptors (Lipinski definition) is 5. The van der Waals surface area contributed by atoms with E-state index in [9.17, 15) is 21.6 Å². The first-order valence-corrected chi connectivity index (χ1v) is 13.6. The molecule has 2 aromatic rings. The first-order valence-electron chi connectivity index (χ1n) is 10.3. The molecule has 0 aliphatic carbocycles. The van der Waals surface area contributed by atoms with Gasteiger partial charge in [-0.1, -0.05) is 29.8 Å². The van der Waals surface area contributed by atoms with Gasteiger partial charge in [-0.3, -0.25) is 9.10 Å². The van der Waals surface area contributed by atoms with Gasteiger partial charge in [0.15, 0.2) is 0 Å². The summed E-state index contributed by atoms with van der Waals surface area (Å²) >= 11 is 0. The number of aryl methyl sites for hydroxylation is 3. The molecular weight excluding hydrogens is 450 g/mol. The average Bonchev–Trinajstić information content (AvgIpc) is 2.73. The van der Waals surface area contributed by atoms with Gasteiger partial charge in [0.2, 0.25) is 26.0 Å². The van der Waals surface area contributed by atoms with Crippen LogP contribution in [0.3, 0.4) is 0 Å². The van der Waals surface area contributed by atoms with E-state index in [-0.39, 0.29) is 43.5 Å². The molecule has 32 heavy (non-hydrogen) atoms. The number of piperazine rings is 1. The number of sulfonamides is 2. The Balaban J connectivity index is 1.71. The lowest BCUT2D eigenvalue weighted by Crippen LogP contribution is -2.53. The molecule has 1 aliphatic rings. The predicted octanol–water partition coefficient (Wildman–Crippen LogP) is 1.91. The molecule has 0 aromatic heterocycles. The molecule has 1 heterocycles. The van der Waals surface area contributed by atoms with Gasteiger partial charge in [0.1, 0.15) is 6.54 Å². The van der Waals surface area contributed by atoms with E-state index in [2.05, 4.69) is 0 Å². The molecule has 3 rings (SSSR count). The van der Waals surface area contributed by atoms with Crippen molar-refractivity contribution in [3.63, 3.8) is 0 Å². The molecule has 1 amide bonds. The summed E-state index contributed by atoms with van der Waals surface area (Å²) in [6.45, 7) is 5.94. The van der Waals surface area contributed by atoms with Gasteiger partial charge in [0.05, 0.1) is 16.8 Å². The van der Waals surface area contributed by atoms with E-state index in [0.29, 0.717) is 5.69 Å². The highest BCUT2D eigenvalue weighted by molar-refractivity contribution is 7.92. The summed E-state index contributed by atoms with van der Waals surface area (Å²) in [5.41, 5.74) is 3.09. The van der Waals surface area contributed by atoms with Gasteiger partial charge in [-0.05, 0) is 50.1 Å². The standard InChI is InChI=1S/C22H29N3O5S2/c1-17-6-9-20(10-7-17)32(29,30)24-13-11-23(12-14-24)22(26)16-25(31(4,27)28)21-15-18(2)5-8-19(21)3/h5-10,15H,11-14,16H2,1-4H3. The molecule has 0 unspecified atom stereocenters. The van der Waals surface area contributed by atoms with Gasteiger partial charge in [-0.2, -0.15) is 4.31 Å². The second-order valence-corrected chi connectivity index (χ2v) is 12.0. The van der Waals surface area contributed by atoms with E-state index in [1.807, 2.05) is 26.0 Å². The molecule has 8 nitrogen and oxygen atoms in total. The Hall–Kier alpha value is -2.43. The third-order valence-electron chi connectivity index (χ3n) is 5.56. The summed E-state index contributed by atoms with van der Waals surface area (Å²) < 4.78 is 53.1. The highest BCUT2D eigenvalue weighted by atomic mass is 32.2. The highest BCUT2D eigenvalue weighted by Crippen LogP contribution is 2.24. The Labute approximate surface area is 190 Å². The maximum Gasteiger partial charge on any atom is 0.243 e. The molecule has 2 aromatic carbocycles. The molecule has 1 saturated heterocycles. The van der Waals surface area contributed by atoms with Gasteiger partial charge in [0.25, 0.3) is 0 Å². The van der Waals surface area contributed by atoms with Crippen molar-refractivity contribution in [2.24, 2.45) is 0 Å². The van der Waals surface area contributed by atoms with E-state index in [1.165, 1.54) is 9.21 Å². The molecule has 0 spiro atoms. The van der Waals surface area contributed by atoms with Crippen LogP contribution >= 0.6 is 0 Å². The molecule has 0 N–H and O–H groups in total. The summed E-state index contributed by atoms with van der Waals surface area (Å²) in [5.74, 6) is -0.358. The van der Waals surface area contributed by atoms with E-state index >= 15 is 0 Å². The predicted molar refractivity (Wildman–Crippen MR) is 125 cm³/mol. The van der Waals surface area contributed by atoms with E-state index < -0.39 is 20.0 Å². The Bertz CT molecular complexity index is 1200. The third-order valence-corrected chi connectivity index (χ3v) is 8.60. The van der Waals surface area contributed by atoms with Gasteiger partial charge >= 0.3 is 0 Å². The van der Waals surface area contributed by atoms with E-state index in [4.69, 9.17) is 0 Å². The van der Waals surface area contributed by atoms with E-state index in [1.54, 1.807) is 37.3 Å². The van der Waals surface area contributed by atoms with Crippen LogP contribution in [-0.4, -0.2) is 70.9 Å². The van der Waals surface area contributed by atoms with Crippen molar-refractivity contribution in [2.45, 2.75) is 25.7 Å². The fourth-order valence-corrected chi connectivity index (χ4v) is 5.95. The molecule has 0 radical (unpaired) electrons. The van der Waals surface area contributed by atoms with Crippen molar-refractivity contribution in [3.05, 3.63) is 59.2 Å². The van der Waals surface area contributed by atoms with Crippen molar-refractivity contribution in [1.82, 2.24) is 9.21 Å². The molecular formula is C22H29N3O5S2. The van der Waals surface area contributed by atoms with Gasteiger partial charge in [-0.25, -0.2) is 16.8 Å². The first-order chi connectivity index (χ1) is 14.9. The van der Waals surface area contributed by atoms with Crippen molar-refractivity contribution in [1.29, 1.82) is 0 Å². The highest BCUT2D eigenvalue weighted by Gasteiger charge is 2.32. The largest absolute Gasteiger partial charge is 0.338 e. The summed E-state index contributed by atoms with van der Waals surface area (Å²) in [6, 6.07) is 12.1. The van der Waals surface area contributed by atoms with Crippen molar-refractivity contribution in [2.75, 3.05) is 43.3 Å². The fourth-order valence-electron chi connectivity index (χ4n) is 3.63. The number of carbonyl (C=O) groups is 1. The zero-order valence-corrected chi connectivity index (χ0v) is 20.4. The lowest BCUT2D eigenvalue weighted by molar-refractivity contribution is -0.130. The molecule has 1 aliphatic heterocycles. The summed E-state index contributed by atoms with van der Waals surface area (Å²) in [5, 5.41) is 0. The van der Waals surface area contributed by atoms with Crippen LogP contribution < -0.4 is 4.31 Å². The van der Waals surface area contributed by atoms with Crippen LogP contribution in [0.1, 0.15) is 16.7 Å². The topological polar surface area (TPSA) is 95.1 Å². The van der Waals surface area contributed by atoms with Crippen LogP contribution in [0.25, 0.3) is 0 Å². The molecule has 1 fully saturated rings. The Morgan fingerprint density at radius 1 is 0.875 bits per heavy atom. The van der Waals surface area contributed by atoms with Gasteiger partial charge in [-0.15, -0.1) is 0 Å². The fraction of sp³-hybridized carbons (Fsp3) is 0.409. The summed E-state index contributed by atoms with van der Waals surface area (Å²) in [6.07, 6.45) is 1.08. The Morgan fingerprint density at radius 2 is 1.44 bits per heavy atom.